The second kappa shape index (κ2) is 14.0. The molecule has 1 heterocycles. The zero-order chi connectivity index (χ0) is 32.9. The van der Waals surface area contributed by atoms with Crippen LogP contribution < -0.4 is 10.2 Å². The standard InChI is InChI=1S/C22H24O3.C15H21BO4/c1-15-13-17(22(23)25-3)11-12-19(15)21-10-5-4-9-20(21)16-7-6-8-18(14-16)24-2;1-10-9-11(13(17)18-6)7-8-12(10)16-19-14(2,3)15(4,5)20-16/h6-8,11-14H,4-5,9-10H2,1-3H3;7-9H,1-6H3. The van der Waals surface area contributed by atoms with E-state index in [0.717, 1.165) is 35.2 Å². The summed E-state index contributed by atoms with van der Waals surface area (Å²) in [6, 6.07) is 19.5. The largest absolute Gasteiger partial charge is 0.497 e. The van der Waals surface area contributed by atoms with E-state index < -0.39 is 7.12 Å². The number of carbonyl (C=O) groups is 2. The predicted octanol–water partition coefficient (Wildman–Crippen LogP) is 7.36. The molecular formula is C37H45BO7. The molecule has 0 N–H and O–H groups in total. The minimum absolute atomic E-state index is 0.291. The van der Waals surface area contributed by atoms with Gasteiger partial charge in [0.1, 0.15) is 5.75 Å². The molecule has 3 aromatic carbocycles. The molecule has 1 aliphatic carbocycles. The van der Waals surface area contributed by atoms with Crippen LogP contribution in [0.4, 0.5) is 0 Å². The average Bonchev–Trinajstić information content (AvgIpc) is 3.26. The molecule has 45 heavy (non-hydrogen) atoms. The zero-order valence-electron chi connectivity index (χ0n) is 28.0. The monoisotopic (exact) mass is 612 g/mol. The normalized spacial score (nSPS) is 16.9. The molecule has 0 bridgehead atoms. The van der Waals surface area contributed by atoms with Crippen LogP contribution in [0.1, 0.15) is 96.3 Å². The van der Waals surface area contributed by atoms with E-state index in [-0.39, 0.29) is 23.1 Å². The molecule has 0 amide bonds. The SMILES string of the molecule is COC(=O)c1ccc(B2OC(C)(C)C(C)(C)O2)c(C)c1.COC(=O)c1ccc(C2=C(c3cccc(OC)c3)CCCC2)c(C)c1. The number of benzene rings is 3. The number of ether oxygens (including phenoxy) is 3. The fourth-order valence-electron chi connectivity index (χ4n) is 5.73. The van der Waals surface area contributed by atoms with Crippen molar-refractivity contribution in [1.82, 2.24) is 0 Å². The Kier molecular flexibility index (Phi) is 10.6. The smallest absolute Gasteiger partial charge is 0.495 e. The maximum atomic E-state index is 11.8. The summed E-state index contributed by atoms with van der Waals surface area (Å²) >= 11 is 0. The van der Waals surface area contributed by atoms with E-state index in [2.05, 4.69) is 25.1 Å². The number of carbonyl (C=O) groups excluding carboxylic acids is 2. The van der Waals surface area contributed by atoms with Crippen molar-refractivity contribution >= 4 is 35.7 Å². The molecule has 1 aliphatic heterocycles. The molecule has 8 heteroatoms. The highest BCUT2D eigenvalue weighted by Gasteiger charge is 2.52. The zero-order valence-corrected chi connectivity index (χ0v) is 28.0. The molecule has 0 aromatic heterocycles. The van der Waals surface area contributed by atoms with Gasteiger partial charge in [0.2, 0.25) is 0 Å². The van der Waals surface area contributed by atoms with Crippen LogP contribution in [0.3, 0.4) is 0 Å². The highest BCUT2D eigenvalue weighted by molar-refractivity contribution is 6.62. The van der Waals surface area contributed by atoms with Crippen LogP contribution in [0, 0.1) is 13.8 Å². The average molecular weight is 613 g/mol. The van der Waals surface area contributed by atoms with Crippen molar-refractivity contribution in [3.05, 3.63) is 94.0 Å². The van der Waals surface area contributed by atoms with Crippen molar-refractivity contribution in [1.29, 1.82) is 0 Å². The molecule has 5 rings (SSSR count). The first-order valence-electron chi connectivity index (χ1n) is 15.4. The number of aryl methyl sites for hydroxylation is 2. The molecule has 2 aliphatic rings. The van der Waals surface area contributed by atoms with Crippen molar-refractivity contribution < 1.29 is 33.1 Å². The van der Waals surface area contributed by atoms with Gasteiger partial charge in [-0.3, -0.25) is 0 Å². The van der Waals surface area contributed by atoms with Crippen LogP contribution in [-0.2, 0) is 18.8 Å². The predicted molar refractivity (Wildman–Crippen MR) is 179 cm³/mol. The van der Waals surface area contributed by atoms with Gasteiger partial charge in [0.15, 0.2) is 0 Å². The van der Waals surface area contributed by atoms with E-state index in [0.29, 0.717) is 11.1 Å². The van der Waals surface area contributed by atoms with E-state index in [4.69, 9.17) is 23.5 Å². The van der Waals surface area contributed by atoms with Gasteiger partial charge in [0, 0.05) is 0 Å². The Morgan fingerprint density at radius 1 is 0.711 bits per heavy atom. The number of allylic oxidation sites excluding steroid dienone is 2. The lowest BCUT2D eigenvalue weighted by atomic mass is 9.76. The van der Waals surface area contributed by atoms with Crippen LogP contribution in [0.25, 0.3) is 11.1 Å². The van der Waals surface area contributed by atoms with Gasteiger partial charge in [0.05, 0.1) is 43.7 Å². The van der Waals surface area contributed by atoms with Gasteiger partial charge in [-0.1, -0.05) is 29.8 Å². The van der Waals surface area contributed by atoms with Crippen LogP contribution in [-0.4, -0.2) is 51.6 Å². The van der Waals surface area contributed by atoms with E-state index in [1.54, 1.807) is 19.2 Å². The third-order valence-electron chi connectivity index (χ3n) is 9.06. The first-order valence-corrected chi connectivity index (χ1v) is 15.4. The number of methoxy groups -OCH3 is 3. The lowest BCUT2D eigenvalue weighted by Gasteiger charge is -2.32. The molecule has 0 saturated carbocycles. The summed E-state index contributed by atoms with van der Waals surface area (Å²) < 4.78 is 27.0. The minimum atomic E-state index is -0.410. The van der Waals surface area contributed by atoms with Gasteiger partial charge in [0.25, 0.3) is 0 Å². The van der Waals surface area contributed by atoms with E-state index in [9.17, 15) is 9.59 Å². The Morgan fingerprint density at radius 2 is 1.27 bits per heavy atom. The first-order chi connectivity index (χ1) is 21.3. The minimum Gasteiger partial charge on any atom is -0.497 e. The Morgan fingerprint density at radius 3 is 1.80 bits per heavy atom. The highest BCUT2D eigenvalue weighted by atomic mass is 16.7. The number of esters is 2. The van der Waals surface area contributed by atoms with E-state index in [1.807, 2.05) is 65.0 Å². The lowest BCUT2D eigenvalue weighted by Crippen LogP contribution is -2.41. The number of rotatable bonds is 6. The van der Waals surface area contributed by atoms with Crippen molar-refractivity contribution in [2.75, 3.05) is 21.3 Å². The summed E-state index contributed by atoms with van der Waals surface area (Å²) in [5.74, 6) is 0.251. The van der Waals surface area contributed by atoms with E-state index in [1.165, 1.54) is 49.3 Å². The Bertz CT molecular complexity index is 1570. The molecule has 238 valence electrons. The van der Waals surface area contributed by atoms with E-state index >= 15 is 0 Å². The molecule has 1 fully saturated rings. The van der Waals surface area contributed by atoms with Crippen LogP contribution in [0.15, 0.2) is 60.7 Å². The van der Waals surface area contributed by atoms with Gasteiger partial charge in [-0.25, -0.2) is 9.59 Å². The molecule has 0 atom stereocenters. The lowest BCUT2D eigenvalue weighted by molar-refractivity contribution is 0.00578. The first kappa shape index (κ1) is 34.0. The molecule has 1 saturated heterocycles. The van der Waals surface area contributed by atoms with Crippen LogP contribution in [0.2, 0.25) is 0 Å². The second-order valence-corrected chi connectivity index (χ2v) is 12.6. The molecular weight excluding hydrogens is 567 g/mol. The Labute approximate surface area is 268 Å². The van der Waals surface area contributed by atoms with Gasteiger partial charge in [-0.15, -0.1) is 0 Å². The topological polar surface area (TPSA) is 80.3 Å². The summed E-state index contributed by atoms with van der Waals surface area (Å²) in [6.45, 7) is 12.1. The Balaban J connectivity index is 0.000000210. The van der Waals surface area contributed by atoms with Crippen LogP contribution >= 0.6 is 0 Å². The second-order valence-electron chi connectivity index (χ2n) is 12.6. The Hall–Kier alpha value is -3.88. The van der Waals surface area contributed by atoms with Gasteiger partial charge < -0.3 is 23.5 Å². The maximum absolute atomic E-state index is 11.8. The molecule has 3 aromatic rings. The summed E-state index contributed by atoms with van der Waals surface area (Å²) in [5.41, 5.74) is 8.62. The number of hydrogen-bond acceptors (Lipinski definition) is 7. The van der Waals surface area contributed by atoms with Crippen molar-refractivity contribution in [2.45, 2.75) is 78.4 Å². The third kappa shape index (κ3) is 7.51. The maximum Gasteiger partial charge on any atom is 0.495 e. The third-order valence-corrected chi connectivity index (χ3v) is 9.06. The van der Waals surface area contributed by atoms with Crippen molar-refractivity contribution in [3.63, 3.8) is 0 Å². The highest BCUT2D eigenvalue weighted by Crippen LogP contribution is 2.40. The van der Waals surface area contributed by atoms with Gasteiger partial charge >= 0.3 is 19.1 Å². The molecule has 0 spiro atoms. The summed E-state index contributed by atoms with van der Waals surface area (Å²) in [6.07, 6.45) is 4.53. The molecule has 0 unspecified atom stereocenters. The fourth-order valence-corrected chi connectivity index (χ4v) is 5.73. The number of hydrogen-bond donors (Lipinski definition) is 0. The van der Waals surface area contributed by atoms with Crippen molar-refractivity contribution in [3.8, 4) is 5.75 Å². The summed E-state index contributed by atoms with van der Waals surface area (Å²) in [5, 5.41) is 0. The van der Waals surface area contributed by atoms with Gasteiger partial charge in [-0.2, -0.15) is 0 Å². The summed E-state index contributed by atoms with van der Waals surface area (Å²) in [7, 11) is 4.08. The quantitative estimate of drug-likeness (QED) is 0.213. The van der Waals surface area contributed by atoms with Crippen LogP contribution in [0.5, 0.6) is 5.75 Å². The van der Waals surface area contributed by atoms with Crippen molar-refractivity contribution in [2.24, 2.45) is 0 Å². The fraction of sp³-hybridized carbons (Fsp3) is 0.405. The molecule has 0 radical (unpaired) electrons. The summed E-state index contributed by atoms with van der Waals surface area (Å²) in [4.78, 5) is 23.3. The van der Waals surface area contributed by atoms with Gasteiger partial charge in [-0.05, 0) is 137 Å². The molecule has 7 nitrogen and oxygen atoms in total.